The Morgan fingerprint density at radius 1 is 1.29 bits per heavy atom. The summed E-state index contributed by atoms with van der Waals surface area (Å²) in [5.41, 5.74) is 7.33. The number of nitrogens with one attached hydrogen (secondary N) is 1. The van der Waals surface area contributed by atoms with Crippen molar-refractivity contribution in [3.05, 3.63) is 34.7 Å². The van der Waals surface area contributed by atoms with Crippen LogP contribution in [-0.2, 0) is 0 Å². The Morgan fingerprint density at radius 2 is 2.12 bits per heavy atom. The molecule has 0 radical (unpaired) electrons. The van der Waals surface area contributed by atoms with Crippen LogP contribution in [0, 0.1) is 13.8 Å². The first-order chi connectivity index (χ1) is 8.22. The van der Waals surface area contributed by atoms with Crippen LogP contribution >= 0.6 is 0 Å². The summed E-state index contributed by atoms with van der Waals surface area (Å²) in [5.74, 6) is 5.72. The molecule has 92 valence electrons. The van der Waals surface area contributed by atoms with Gasteiger partial charge < -0.3 is 0 Å². The normalized spacial score (nSPS) is 17.7. The maximum absolute atomic E-state index is 5.72. The molecule has 0 aromatic carbocycles. The Labute approximate surface area is 102 Å². The molecule has 1 atom stereocenters. The number of nitrogens with zero attached hydrogens (tertiary/aromatic N) is 2. The first-order valence-electron chi connectivity index (χ1n) is 6.18. The molecule has 0 spiro atoms. The van der Waals surface area contributed by atoms with E-state index < -0.39 is 0 Å². The first-order valence-corrected chi connectivity index (χ1v) is 6.18. The Kier molecular flexibility index (Phi) is 3.86. The van der Waals surface area contributed by atoms with Crippen LogP contribution in [-0.4, -0.2) is 10.2 Å². The van der Waals surface area contributed by atoms with Crippen LogP contribution in [0.2, 0.25) is 0 Å². The van der Waals surface area contributed by atoms with Crippen molar-refractivity contribution in [1.29, 1.82) is 0 Å². The van der Waals surface area contributed by atoms with E-state index in [0.717, 1.165) is 29.8 Å². The third kappa shape index (κ3) is 2.70. The van der Waals surface area contributed by atoms with E-state index in [0.29, 0.717) is 0 Å². The van der Waals surface area contributed by atoms with Crippen LogP contribution in [0.1, 0.15) is 48.7 Å². The van der Waals surface area contributed by atoms with Crippen LogP contribution in [0.4, 0.5) is 0 Å². The summed E-state index contributed by atoms with van der Waals surface area (Å²) in [6.07, 6.45) is 7.12. The predicted octanol–water partition coefficient (Wildman–Crippen LogP) is 2.10. The van der Waals surface area contributed by atoms with E-state index in [4.69, 9.17) is 5.84 Å². The van der Waals surface area contributed by atoms with Crippen molar-refractivity contribution < 1.29 is 0 Å². The maximum atomic E-state index is 5.72. The second-order valence-corrected chi connectivity index (χ2v) is 4.65. The molecule has 0 saturated carbocycles. The molecule has 17 heavy (non-hydrogen) atoms. The number of aryl methyl sites for hydroxylation is 2. The van der Waals surface area contributed by atoms with Gasteiger partial charge in [0.15, 0.2) is 0 Å². The molecule has 1 aromatic heterocycles. The molecule has 4 heteroatoms. The molecule has 0 aliphatic heterocycles. The summed E-state index contributed by atoms with van der Waals surface area (Å²) in [5, 5.41) is 8.23. The monoisotopic (exact) mass is 232 g/mol. The van der Waals surface area contributed by atoms with Gasteiger partial charge in [-0.2, -0.15) is 10.2 Å². The number of hydrazine groups is 1. The highest BCUT2D eigenvalue weighted by Crippen LogP contribution is 2.30. The number of nitrogens with two attached hydrogens (primary N) is 1. The lowest BCUT2D eigenvalue weighted by molar-refractivity contribution is 0.560. The third-order valence-corrected chi connectivity index (χ3v) is 3.31. The Balaban J connectivity index is 2.34. The van der Waals surface area contributed by atoms with E-state index in [1.54, 1.807) is 0 Å². The molecule has 1 heterocycles. The van der Waals surface area contributed by atoms with Crippen molar-refractivity contribution in [2.75, 3.05) is 0 Å². The Morgan fingerprint density at radius 3 is 2.76 bits per heavy atom. The van der Waals surface area contributed by atoms with E-state index in [1.807, 2.05) is 13.8 Å². The van der Waals surface area contributed by atoms with Gasteiger partial charge in [0.2, 0.25) is 0 Å². The van der Waals surface area contributed by atoms with E-state index in [2.05, 4.69) is 27.8 Å². The topological polar surface area (TPSA) is 63.8 Å². The lowest BCUT2D eigenvalue weighted by Crippen LogP contribution is -2.31. The van der Waals surface area contributed by atoms with Crippen LogP contribution in [0.15, 0.2) is 17.7 Å². The minimum atomic E-state index is 0.0875. The fourth-order valence-corrected chi connectivity index (χ4v) is 2.38. The molecular formula is C13H20N4. The zero-order valence-electron chi connectivity index (χ0n) is 10.5. The van der Waals surface area contributed by atoms with E-state index >= 15 is 0 Å². The molecule has 0 amide bonds. The van der Waals surface area contributed by atoms with Crippen LogP contribution < -0.4 is 11.3 Å². The zero-order valence-corrected chi connectivity index (χ0v) is 10.5. The maximum Gasteiger partial charge on any atom is 0.0689 e. The molecule has 4 nitrogen and oxygen atoms in total. The summed E-state index contributed by atoms with van der Waals surface area (Å²) >= 11 is 0. The predicted molar refractivity (Wildman–Crippen MR) is 68.1 cm³/mol. The molecule has 0 bridgehead atoms. The fourth-order valence-electron chi connectivity index (χ4n) is 2.38. The van der Waals surface area contributed by atoms with E-state index in [-0.39, 0.29) is 6.04 Å². The van der Waals surface area contributed by atoms with Gasteiger partial charge in [-0.25, -0.2) is 5.43 Å². The van der Waals surface area contributed by atoms with Gasteiger partial charge in [0.05, 0.1) is 17.4 Å². The SMILES string of the molecule is Cc1cc(C(NN)C2=CCCCC2)c(C)nn1. The van der Waals surface area contributed by atoms with Gasteiger partial charge in [0.25, 0.3) is 0 Å². The van der Waals surface area contributed by atoms with Crippen molar-refractivity contribution in [3.8, 4) is 0 Å². The highest BCUT2D eigenvalue weighted by molar-refractivity contribution is 5.31. The van der Waals surface area contributed by atoms with Gasteiger partial charge in [-0.1, -0.05) is 11.6 Å². The number of rotatable bonds is 3. The third-order valence-electron chi connectivity index (χ3n) is 3.31. The smallest absolute Gasteiger partial charge is 0.0689 e. The van der Waals surface area contributed by atoms with E-state index in [1.165, 1.54) is 18.4 Å². The summed E-state index contributed by atoms with van der Waals surface area (Å²) in [4.78, 5) is 0. The van der Waals surface area contributed by atoms with Gasteiger partial charge in [-0.15, -0.1) is 0 Å². The molecule has 0 saturated heterocycles. The molecule has 2 rings (SSSR count). The minimum absolute atomic E-state index is 0.0875. The van der Waals surface area contributed by atoms with Crippen molar-refractivity contribution in [3.63, 3.8) is 0 Å². The van der Waals surface area contributed by atoms with Gasteiger partial charge >= 0.3 is 0 Å². The second-order valence-electron chi connectivity index (χ2n) is 4.65. The van der Waals surface area contributed by atoms with Gasteiger partial charge in [-0.05, 0) is 51.2 Å². The average molecular weight is 232 g/mol. The number of hydrogen-bond donors (Lipinski definition) is 2. The molecular weight excluding hydrogens is 212 g/mol. The molecule has 1 aliphatic rings. The van der Waals surface area contributed by atoms with Gasteiger partial charge in [-0.3, -0.25) is 5.84 Å². The molecule has 1 unspecified atom stereocenters. The quantitative estimate of drug-likeness (QED) is 0.476. The molecule has 0 fully saturated rings. The Hall–Kier alpha value is -1.26. The van der Waals surface area contributed by atoms with Crippen LogP contribution in [0.25, 0.3) is 0 Å². The van der Waals surface area contributed by atoms with Gasteiger partial charge in [0.1, 0.15) is 0 Å². The summed E-state index contributed by atoms with van der Waals surface area (Å²) < 4.78 is 0. The van der Waals surface area contributed by atoms with Crippen molar-refractivity contribution in [2.45, 2.75) is 45.6 Å². The zero-order chi connectivity index (χ0) is 12.3. The highest BCUT2D eigenvalue weighted by Gasteiger charge is 2.19. The van der Waals surface area contributed by atoms with Crippen LogP contribution in [0.3, 0.4) is 0 Å². The standard InChI is InChI=1S/C13H20N4/c1-9-8-12(10(2)17-16-9)13(15-14)11-6-4-3-5-7-11/h6,8,13,15H,3-5,7,14H2,1-2H3. The lowest BCUT2D eigenvalue weighted by atomic mass is 9.89. The van der Waals surface area contributed by atoms with Crippen molar-refractivity contribution in [2.24, 2.45) is 5.84 Å². The fraction of sp³-hybridized carbons (Fsp3) is 0.538. The number of aromatic nitrogens is 2. The average Bonchev–Trinajstić information content (AvgIpc) is 2.36. The minimum Gasteiger partial charge on any atom is -0.271 e. The van der Waals surface area contributed by atoms with E-state index in [9.17, 15) is 0 Å². The Bertz CT molecular complexity index is 425. The number of hydrogen-bond acceptors (Lipinski definition) is 4. The summed E-state index contributed by atoms with van der Waals surface area (Å²) in [6, 6.07) is 2.16. The summed E-state index contributed by atoms with van der Waals surface area (Å²) in [7, 11) is 0. The highest BCUT2D eigenvalue weighted by atomic mass is 15.2. The largest absolute Gasteiger partial charge is 0.271 e. The van der Waals surface area contributed by atoms with Crippen molar-refractivity contribution >= 4 is 0 Å². The van der Waals surface area contributed by atoms with Gasteiger partial charge in [0, 0.05) is 0 Å². The molecule has 3 N–H and O–H groups in total. The molecule has 1 aliphatic carbocycles. The second kappa shape index (κ2) is 5.38. The van der Waals surface area contributed by atoms with Crippen molar-refractivity contribution in [1.82, 2.24) is 15.6 Å². The first kappa shape index (κ1) is 12.2. The summed E-state index contributed by atoms with van der Waals surface area (Å²) in [6.45, 7) is 3.94. The number of allylic oxidation sites excluding steroid dienone is 1. The lowest BCUT2D eigenvalue weighted by Gasteiger charge is -2.24. The molecule has 1 aromatic rings. The van der Waals surface area contributed by atoms with Crippen LogP contribution in [0.5, 0.6) is 0 Å².